The van der Waals surface area contributed by atoms with Crippen molar-refractivity contribution in [3.63, 3.8) is 0 Å². The van der Waals surface area contributed by atoms with Crippen LogP contribution in [0.4, 0.5) is 5.69 Å². The summed E-state index contributed by atoms with van der Waals surface area (Å²) in [6.45, 7) is 0. The van der Waals surface area contributed by atoms with Crippen LogP contribution in [-0.4, -0.2) is 15.0 Å². The summed E-state index contributed by atoms with van der Waals surface area (Å²) in [5.41, 5.74) is 9.83. The number of hydrazine groups is 2. The first-order valence-electron chi connectivity index (χ1n) is 7.48. The Bertz CT molecular complexity index is 1000. The highest BCUT2D eigenvalue weighted by Gasteiger charge is 2.19. The van der Waals surface area contributed by atoms with Crippen LogP contribution in [0.2, 0.25) is 5.02 Å². The standard InChI is InChI=1S/C17H13ClN6O/c18-12-3-4-16(13(6-12)14-7-17(25)21-10-20-14)24-9-15(22-23-24)11-2-1-5-19-8-11/h1-10,22-23H,(H,20,21,25). The van der Waals surface area contributed by atoms with Crippen LogP contribution in [0.1, 0.15) is 5.56 Å². The van der Waals surface area contributed by atoms with Gasteiger partial charge in [0.15, 0.2) is 0 Å². The molecule has 1 aliphatic heterocycles. The first-order valence-corrected chi connectivity index (χ1v) is 7.86. The molecule has 0 fully saturated rings. The largest absolute Gasteiger partial charge is 0.313 e. The van der Waals surface area contributed by atoms with Crippen LogP contribution in [0.3, 0.4) is 0 Å². The highest BCUT2D eigenvalue weighted by molar-refractivity contribution is 6.31. The summed E-state index contributed by atoms with van der Waals surface area (Å²) in [7, 11) is 0. The number of nitrogens with one attached hydrogen (secondary N) is 3. The maximum atomic E-state index is 11.6. The fourth-order valence-electron chi connectivity index (χ4n) is 2.55. The minimum absolute atomic E-state index is 0.227. The van der Waals surface area contributed by atoms with Gasteiger partial charge in [-0.3, -0.25) is 14.8 Å². The van der Waals surface area contributed by atoms with Gasteiger partial charge in [-0.15, -0.1) is 5.53 Å². The second kappa shape index (κ2) is 6.39. The number of nitrogens with zero attached hydrogens (tertiary/aromatic N) is 3. The van der Waals surface area contributed by atoms with Gasteiger partial charge in [-0.05, 0) is 30.3 Å². The second-order valence-electron chi connectivity index (χ2n) is 5.35. The Hall–Kier alpha value is -3.16. The zero-order valence-electron chi connectivity index (χ0n) is 12.9. The number of benzene rings is 1. The topological polar surface area (TPSA) is 85.9 Å². The van der Waals surface area contributed by atoms with E-state index in [0.717, 1.165) is 22.5 Å². The zero-order chi connectivity index (χ0) is 17.2. The Labute approximate surface area is 148 Å². The maximum Gasteiger partial charge on any atom is 0.251 e. The SMILES string of the molecule is O=c1cc(-c2cc(Cl)ccc2N2C=C(c3cccnc3)NN2)nc[nH]1. The molecule has 7 nitrogen and oxygen atoms in total. The van der Waals surface area contributed by atoms with Gasteiger partial charge in [0.2, 0.25) is 0 Å². The Morgan fingerprint density at radius 2 is 2.08 bits per heavy atom. The second-order valence-corrected chi connectivity index (χ2v) is 5.79. The van der Waals surface area contributed by atoms with Crippen molar-refractivity contribution in [2.75, 3.05) is 5.01 Å². The lowest BCUT2D eigenvalue weighted by Gasteiger charge is -2.19. The molecule has 0 unspecified atom stereocenters. The third-order valence-corrected chi connectivity index (χ3v) is 3.95. The van der Waals surface area contributed by atoms with E-state index in [1.54, 1.807) is 29.5 Å². The molecule has 3 N–H and O–H groups in total. The van der Waals surface area contributed by atoms with Crippen molar-refractivity contribution < 1.29 is 0 Å². The lowest BCUT2D eigenvalue weighted by molar-refractivity contribution is 0.689. The first kappa shape index (κ1) is 15.4. The smallest absolute Gasteiger partial charge is 0.251 e. The Balaban J connectivity index is 1.77. The lowest BCUT2D eigenvalue weighted by Crippen LogP contribution is -2.36. The van der Waals surface area contributed by atoms with E-state index in [4.69, 9.17) is 11.6 Å². The first-order chi connectivity index (χ1) is 12.2. The van der Waals surface area contributed by atoms with Gasteiger partial charge >= 0.3 is 0 Å². The average Bonchev–Trinajstić information content (AvgIpc) is 3.12. The van der Waals surface area contributed by atoms with Gasteiger partial charge in [-0.2, -0.15) is 0 Å². The van der Waals surface area contributed by atoms with Crippen molar-refractivity contribution in [1.29, 1.82) is 0 Å². The van der Waals surface area contributed by atoms with Crippen LogP contribution in [0.15, 0.2) is 66.1 Å². The molecular formula is C17H13ClN6O. The summed E-state index contributed by atoms with van der Waals surface area (Å²) in [5, 5.41) is 2.36. The van der Waals surface area contributed by atoms with E-state index in [1.807, 2.05) is 24.4 Å². The number of halogens is 1. The maximum absolute atomic E-state index is 11.6. The molecule has 1 aliphatic rings. The zero-order valence-corrected chi connectivity index (χ0v) is 13.7. The van der Waals surface area contributed by atoms with E-state index in [0.29, 0.717) is 10.7 Å². The van der Waals surface area contributed by atoms with Crippen LogP contribution in [0, 0.1) is 0 Å². The normalized spacial score (nSPS) is 13.5. The molecule has 0 radical (unpaired) electrons. The molecule has 4 rings (SSSR count). The van der Waals surface area contributed by atoms with Crippen molar-refractivity contribution in [3.05, 3.63) is 82.3 Å². The summed E-state index contributed by atoms with van der Waals surface area (Å²) in [6.07, 6.45) is 6.76. The van der Waals surface area contributed by atoms with E-state index >= 15 is 0 Å². The van der Waals surface area contributed by atoms with Gasteiger partial charge < -0.3 is 10.4 Å². The van der Waals surface area contributed by atoms with E-state index in [-0.39, 0.29) is 5.56 Å². The molecule has 1 aromatic carbocycles. The van der Waals surface area contributed by atoms with Crippen molar-refractivity contribution in [2.45, 2.75) is 0 Å². The number of anilines is 1. The summed E-state index contributed by atoms with van der Waals surface area (Å²) in [5.74, 6) is 0. The molecule has 3 aromatic rings. The third kappa shape index (κ3) is 3.10. The van der Waals surface area contributed by atoms with Crippen molar-refractivity contribution in [3.8, 4) is 11.3 Å². The molecule has 8 heteroatoms. The predicted molar refractivity (Wildman–Crippen MR) is 96.3 cm³/mol. The molecule has 0 atom stereocenters. The van der Waals surface area contributed by atoms with Crippen molar-refractivity contribution in [1.82, 2.24) is 25.9 Å². The summed E-state index contributed by atoms with van der Waals surface area (Å²) >= 11 is 6.15. The number of rotatable bonds is 3. The molecule has 0 amide bonds. The number of aromatic nitrogens is 3. The lowest BCUT2D eigenvalue weighted by atomic mass is 10.1. The van der Waals surface area contributed by atoms with Crippen LogP contribution < -0.4 is 21.5 Å². The third-order valence-electron chi connectivity index (χ3n) is 3.71. The van der Waals surface area contributed by atoms with Gasteiger partial charge in [-0.1, -0.05) is 11.6 Å². The molecule has 3 heterocycles. The fourth-order valence-corrected chi connectivity index (χ4v) is 2.72. The van der Waals surface area contributed by atoms with Crippen LogP contribution >= 0.6 is 11.6 Å². The van der Waals surface area contributed by atoms with E-state index in [2.05, 4.69) is 25.9 Å². The summed E-state index contributed by atoms with van der Waals surface area (Å²) in [6, 6.07) is 10.7. The molecule has 0 saturated carbocycles. The van der Waals surface area contributed by atoms with Gasteiger partial charge in [0, 0.05) is 40.8 Å². The highest BCUT2D eigenvalue weighted by Crippen LogP contribution is 2.32. The quantitative estimate of drug-likeness (QED) is 0.670. The van der Waals surface area contributed by atoms with Crippen LogP contribution in [-0.2, 0) is 0 Å². The number of hydrogen-bond donors (Lipinski definition) is 3. The van der Waals surface area contributed by atoms with E-state index in [9.17, 15) is 4.79 Å². The Kier molecular flexibility index (Phi) is 3.93. The van der Waals surface area contributed by atoms with Crippen molar-refractivity contribution in [2.24, 2.45) is 0 Å². The monoisotopic (exact) mass is 352 g/mol. The number of H-pyrrole nitrogens is 1. The van der Waals surface area contributed by atoms with E-state index < -0.39 is 0 Å². The Morgan fingerprint density at radius 1 is 1.16 bits per heavy atom. The summed E-state index contributed by atoms with van der Waals surface area (Å²) < 4.78 is 0. The molecule has 0 aliphatic carbocycles. The number of aromatic amines is 1. The van der Waals surface area contributed by atoms with Gasteiger partial charge in [0.1, 0.15) is 0 Å². The molecule has 0 spiro atoms. The Morgan fingerprint density at radius 3 is 2.88 bits per heavy atom. The minimum atomic E-state index is -0.227. The number of hydrogen-bond acceptors (Lipinski definition) is 6. The molecule has 124 valence electrons. The van der Waals surface area contributed by atoms with Crippen LogP contribution in [0.25, 0.3) is 17.0 Å². The molecular weight excluding hydrogens is 340 g/mol. The summed E-state index contributed by atoms with van der Waals surface area (Å²) in [4.78, 5) is 22.5. The number of pyridine rings is 1. The average molecular weight is 353 g/mol. The molecule has 2 aromatic heterocycles. The minimum Gasteiger partial charge on any atom is -0.313 e. The van der Waals surface area contributed by atoms with Crippen LogP contribution in [0.5, 0.6) is 0 Å². The molecule has 0 saturated heterocycles. The van der Waals surface area contributed by atoms with Gasteiger partial charge in [0.25, 0.3) is 5.56 Å². The molecule has 25 heavy (non-hydrogen) atoms. The fraction of sp³-hybridized carbons (Fsp3) is 0. The van der Waals surface area contributed by atoms with Crippen molar-refractivity contribution >= 4 is 23.0 Å². The predicted octanol–water partition coefficient (Wildman–Crippen LogP) is 2.31. The highest BCUT2D eigenvalue weighted by atomic mass is 35.5. The van der Waals surface area contributed by atoms with Gasteiger partial charge in [-0.25, -0.2) is 4.98 Å². The van der Waals surface area contributed by atoms with Gasteiger partial charge in [0.05, 0.1) is 23.4 Å². The van der Waals surface area contributed by atoms with E-state index in [1.165, 1.54) is 12.4 Å². The molecule has 0 bridgehead atoms.